The summed E-state index contributed by atoms with van der Waals surface area (Å²) in [6.45, 7) is 0. The maximum atomic E-state index is 7.15. The summed E-state index contributed by atoms with van der Waals surface area (Å²) >= 11 is 5.33. The lowest BCUT2D eigenvalue weighted by Crippen LogP contribution is -1.83. The lowest BCUT2D eigenvalue weighted by molar-refractivity contribution is 0.635. The number of thiazole rings is 1. The van der Waals surface area contributed by atoms with Gasteiger partial charge in [0.05, 0.1) is 25.8 Å². The Morgan fingerprint density at radius 3 is 1.43 bits per heavy atom. The van der Waals surface area contributed by atoms with Crippen molar-refractivity contribution in [3.63, 3.8) is 0 Å². The number of fused-ring (bicyclic) bond motifs is 3. The van der Waals surface area contributed by atoms with Gasteiger partial charge in [-0.3, -0.25) is 0 Å². The first-order chi connectivity index (χ1) is 27.8. The average Bonchev–Trinajstić information content (AvgIpc) is 4.08. The van der Waals surface area contributed by atoms with E-state index in [1.165, 1.54) is 52.2 Å². The van der Waals surface area contributed by atoms with Crippen LogP contribution in [0.3, 0.4) is 0 Å². The highest BCUT2D eigenvalue weighted by Crippen LogP contribution is 2.51. The van der Waals surface area contributed by atoms with Gasteiger partial charge >= 0.3 is 0 Å². The first kappa shape index (κ1) is 33.0. The molecule has 0 aliphatic rings. The molecule has 0 fully saturated rings. The van der Waals surface area contributed by atoms with E-state index >= 15 is 0 Å². The van der Waals surface area contributed by atoms with Gasteiger partial charge in [-0.05, 0) is 27.8 Å². The highest BCUT2D eigenvalue weighted by atomic mass is 32.1. The zero-order valence-corrected chi connectivity index (χ0v) is 32.4. The Bertz CT molecular complexity index is 3170. The molecule has 0 aliphatic heterocycles. The van der Waals surface area contributed by atoms with E-state index in [9.17, 15) is 0 Å². The van der Waals surface area contributed by atoms with Crippen LogP contribution in [-0.2, 0) is 0 Å². The third-order valence-electron chi connectivity index (χ3n) is 10.5. The van der Waals surface area contributed by atoms with E-state index in [4.69, 9.17) is 9.40 Å². The van der Waals surface area contributed by atoms with Crippen LogP contribution in [0, 0.1) is 0 Å². The second-order valence-electron chi connectivity index (χ2n) is 13.8. The number of nitrogens with zero attached hydrogens (tertiary/aromatic N) is 1. The number of benzene rings is 7. The van der Waals surface area contributed by atoms with Gasteiger partial charge in [-0.15, -0.1) is 34.0 Å². The predicted octanol–water partition coefficient (Wildman–Crippen LogP) is 16.0. The van der Waals surface area contributed by atoms with Crippen LogP contribution >= 0.6 is 34.0 Å². The molecular weight excluding hydrogens is 739 g/mol. The van der Waals surface area contributed by atoms with E-state index < -0.39 is 0 Å². The highest BCUT2D eigenvalue weighted by molar-refractivity contribution is 7.22. The molecule has 0 unspecified atom stereocenters. The standard InChI is InChI=1S/C51H31NOS3/c1-4-15-33(16-5-1)43-42-26-14-25-37(45(42)53-46(43)51-41-24-13-11-22-39(41)48(56-51)35-19-8-3-9-20-35)32-27-29-36(30-28-32)49-44(52-31-54-49)50-40-23-12-10-21-38(40)47(55-50)34-17-6-2-7-18-34/h1-31H. The minimum atomic E-state index is 0.893. The summed E-state index contributed by atoms with van der Waals surface area (Å²) in [5.74, 6) is 0.908. The Morgan fingerprint density at radius 2 is 0.821 bits per heavy atom. The third-order valence-corrected chi connectivity index (χ3v) is 14.0. The minimum absolute atomic E-state index is 0.893. The summed E-state index contributed by atoms with van der Waals surface area (Å²) in [6.07, 6.45) is 0. The van der Waals surface area contributed by atoms with E-state index in [0.717, 1.165) is 55.1 Å². The molecule has 11 aromatic rings. The molecule has 11 rings (SSSR count). The molecular formula is C51H31NOS3. The predicted molar refractivity (Wildman–Crippen MR) is 241 cm³/mol. The van der Waals surface area contributed by atoms with Crippen LogP contribution < -0.4 is 0 Å². The van der Waals surface area contributed by atoms with Gasteiger partial charge in [-0.2, -0.15) is 0 Å². The molecule has 5 heteroatoms. The van der Waals surface area contributed by atoms with Crippen molar-refractivity contribution in [3.05, 3.63) is 188 Å². The minimum Gasteiger partial charge on any atom is -0.454 e. The summed E-state index contributed by atoms with van der Waals surface area (Å²) in [5, 5.41) is 6.05. The molecule has 264 valence electrons. The summed E-state index contributed by atoms with van der Waals surface area (Å²) < 4.78 is 7.15. The fourth-order valence-electron chi connectivity index (χ4n) is 7.95. The second-order valence-corrected chi connectivity index (χ2v) is 16.7. The number of furan rings is 1. The highest BCUT2D eigenvalue weighted by Gasteiger charge is 2.25. The molecule has 0 aliphatic carbocycles. The van der Waals surface area contributed by atoms with Crippen molar-refractivity contribution in [1.29, 1.82) is 0 Å². The normalized spacial score (nSPS) is 11.6. The maximum absolute atomic E-state index is 7.15. The average molecular weight is 770 g/mol. The van der Waals surface area contributed by atoms with Gasteiger partial charge in [0.2, 0.25) is 0 Å². The topological polar surface area (TPSA) is 26.0 Å². The number of hydrogen-bond acceptors (Lipinski definition) is 5. The molecule has 0 N–H and O–H groups in total. The number of aromatic nitrogens is 1. The van der Waals surface area contributed by atoms with Gasteiger partial charge < -0.3 is 4.42 Å². The lowest BCUT2D eigenvalue weighted by atomic mass is 9.96. The number of hydrogen-bond donors (Lipinski definition) is 0. The van der Waals surface area contributed by atoms with Crippen molar-refractivity contribution in [1.82, 2.24) is 4.98 Å². The van der Waals surface area contributed by atoms with Crippen molar-refractivity contribution in [3.8, 4) is 74.8 Å². The quantitative estimate of drug-likeness (QED) is 0.161. The van der Waals surface area contributed by atoms with Gasteiger partial charge in [-0.1, -0.05) is 182 Å². The van der Waals surface area contributed by atoms with Crippen LogP contribution in [0.5, 0.6) is 0 Å². The van der Waals surface area contributed by atoms with Gasteiger partial charge in [0, 0.05) is 47.8 Å². The summed E-state index contributed by atoms with van der Waals surface area (Å²) in [5.41, 5.74) is 12.0. The molecule has 0 saturated carbocycles. The number of para-hydroxylation sites is 1. The molecule has 0 radical (unpaired) electrons. The van der Waals surface area contributed by atoms with Crippen molar-refractivity contribution < 1.29 is 4.42 Å². The van der Waals surface area contributed by atoms with E-state index in [2.05, 4.69) is 182 Å². The third kappa shape index (κ3) is 5.47. The number of rotatable bonds is 7. The summed E-state index contributed by atoms with van der Waals surface area (Å²) in [7, 11) is 0. The first-order valence-corrected chi connectivity index (χ1v) is 21.1. The molecule has 0 amide bonds. The largest absolute Gasteiger partial charge is 0.454 e. The van der Waals surface area contributed by atoms with Gasteiger partial charge in [0.15, 0.2) is 5.76 Å². The van der Waals surface area contributed by atoms with Crippen LogP contribution in [0.4, 0.5) is 0 Å². The van der Waals surface area contributed by atoms with Crippen LogP contribution in [0.15, 0.2) is 192 Å². The Labute approximate surface area is 336 Å². The zero-order valence-electron chi connectivity index (χ0n) is 30.0. The SMILES string of the molecule is c1ccc(-c2sc(-c3ncsc3-c3ccc(-c4cccc5c(-c6ccccc6)c(-c6sc(-c7ccccc7)c7ccccc67)oc45)cc3)c3ccccc23)cc1. The fourth-order valence-corrected chi connectivity index (χ4v) is 11.4. The van der Waals surface area contributed by atoms with Crippen LogP contribution in [0.25, 0.3) is 107 Å². The molecule has 2 nitrogen and oxygen atoms in total. The first-order valence-electron chi connectivity index (χ1n) is 18.6. The molecule has 0 saturated heterocycles. The van der Waals surface area contributed by atoms with Gasteiger partial charge in [0.25, 0.3) is 0 Å². The van der Waals surface area contributed by atoms with Crippen LogP contribution in [0.1, 0.15) is 0 Å². The maximum Gasteiger partial charge on any atom is 0.153 e. The van der Waals surface area contributed by atoms with Crippen molar-refractivity contribution >= 4 is 66.5 Å². The molecule has 0 atom stereocenters. The summed E-state index contributed by atoms with van der Waals surface area (Å²) in [4.78, 5) is 11.0. The van der Waals surface area contributed by atoms with E-state index in [1.807, 2.05) is 28.2 Å². The molecule has 4 heterocycles. The molecule has 0 bridgehead atoms. The van der Waals surface area contributed by atoms with E-state index in [1.54, 1.807) is 11.3 Å². The molecule has 7 aromatic carbocycles. The number of thiophene rings is 2. The molecule has 4 aromatic heterocycles. The zero-order chi connectivity index (χ0) is 37.0. The van der Waals surface area contributed by atoms with Crippen LogP contribution in [-0.4, -0.2) is 4.98 Å². The Hall–Kier alpha value is -6.37. The van der Waals surface area contributed by atoms with Gasteiger partial charge in [0.1, 0.15) is 5.58 Å². The van der Waals surface area contributed by atoms with Crippen molar-refractivity contribution in [2.75, 3.05) is 0 Å². The van der Waals surface area contributed by atoms with E-state index in [0.29, 0.717) is 0 Å². The van der Waals surface area contributed by atoms with Gasteiger partial charge in [-0.25, -0.2) is 4.98 Å². The van der Waals surface area contributed by atoms with Crippen molar-refractivity contribution in [2.45, 2.75) is 0 Å². The van der Waals surface area contributed by atoms with E-state index in [-0.39, 0.29) is 0 Å². The summed E-state index contributed by atoms with van der Waals surface area (Å²) in [6, 6.07) is 64.9. The molecule has 0 spiro atoms. The second kappa shape index (κ2) is 13.7. The van der Waals surface area contributed by atoms with Crippen LogP contribution in [0.2, 0.25) is 0 Å². The Balaban J connectivity index is 1.04. The van der Waals surface area contributed by atoms with Crippen molar-refractivity contribution in [2.24, 2.45) is 0 Å². The smallest absolute Gasteiger partial charge is 0.153 e. The fraction of sp³-hybridized carbons (Fsp3) is 0. The Morgan fingerprint density at radius 1 is 0.357 bits per heavy atom. The monoisotopic (exact) mass is 769 g/mol. The molecule has 56 heavy (non-hydrogen) atoms. The Kier molecular flexibility index (Phi) is 8.09. The lowest BCUT2D eigenvalue weighted by Gasteiger charge is -2.06.